The van der Waals surface area contributed by atoms with Crippen molar-refractivity contribution in [3.05, 3.63) is 120 Å². The number of fused-ring (bicyclic) bond motifs is 2. The molecule has 8 nitrogen and oxygen atoms in total. The van der Waals surface area contributed by atoms with E-state index in [1.54, 1.807) is 48.6 Å². The molecule has 0 N–H and O–H groups in total. The Bertz CT molecular complexity index is 1950. The third kappa shape index (κ3) is 4.45. The highest BCUT2D eigenvalue weighted by Crippen LogP contribution is 2.43. The van der Waals surface area contributed by atoms with E-state index < -0.39 is 35.7 Å². The number of esters is 2. The monoisotopic (exact) mass is 616 g/mol. The number of rotatable bonds is 8. The lowest BCUT2D eigenvalue weighted by molar-refractivity contribution is -0.204. The summed E-state index contributed by atoms with van der Waals surface area (Å²) < 4.78 is 34.5. The van der Waals surface area contributed by atoms with Crippen LogP contribution in [0.15, 0.2) is 109 Å². The third-order valence-electron chi connectivity index (χ3n) is 9.00. The summed E-state index contributed by atoms with van der Waals surface area (Å²) in [6.07, 6.45) is 12.9. The number of hydrogen-bond acceptors (Lipinski definition) is 8. The van der Waals surface area contributed by atoms with Gasteiger partial charge in [0, 0.05) is 28.4 Å². The maximum absolute atomic E-state index is 13.8. The van der Waals surface area contributed by atoms with Crippen LogP contribution in [-0.4, -0.2) is 64.2 Å². The van der Waals surface area contributed by atoms with Crippen molar-refractivity contribution in [1.82, 2.24) is 0 Å². The summed E-state index contributed by atoms with van der Waals surface area (Å²) in [4.78, 5) is 27.6. The van der Waals surface area contributed by atoms with Crippen molar-refractivity contribution in [3.63, 3.8) is 0 Å². The fourth-order valence-corrected chi connectivity index (χ4v) is 6.76. The van der Waals surface area contributed by atoms with E-state index in [4.69, 9.17) is 28.4 Å². The molecule has 0 radical (unpaired) electrons. The van der Waals surface area contributed by atoms with Gasteiger partial charge in [0.25, 0.3) is 11.6 Å². The molecule has 0 amide bonds. The Balaban J connectivity index is 1.35. The average molecular weight is 617 g/mol. The lowest BCUT2D eigenvalue weighted by atomic mass is 9.87. The van der Waals surface area contributed by atoms with E-state index in [1.807, 2.05) is 60.7 Å². The van der Waals surface area contributed by atoms with E-state index in [9.17, 15) is 9.59 Å². The molecule has 5 aromatic rings. The Morgan fingerprint density at radius 2 is 0.913 bits per heavy atom. The maximum atomic E-state index is 13.8. The number of hydrogen-bond donors (Lipinski definition) is 0. The number of carbonyl (C=O) groups is 2. The molecule has 232 valence electrons. The van der Waals surface area contributed by atoms with E-state index in [0.29, 0.717) is 11.1 Å². The summed E-state index contributed by atoms with van der Waals surface area (Å²) in [5.74, 6) is -3.89. The number of allylic oxidation sites excluding steroid dienone is 4. The van der Waals surface area contributed by atoms with Crippen LogP contribution in [0.3, 0.4) is 0 Å². The Morgan fingerprint density at radius 3 is 1.30 bits per heavy atom. The summed E-state index contributed by atoms with van der Waals surface area (Å²) in [7, 11) is 6.04. The van der Waals surface area contributed by atoms with Crippen molar-refractivity contribution in [2.75, 3.05) is 28.4 Å². The van der Waals surface area contributed by atoms with Crippen LogP contribution in [0.2, 0.25) is 0 Å². The molecule has 8 heteroatoms. The first-order chi connectivity index (χ1) is 22.4. The Kier molecular flexibility index (Phi) is 7.45. The first-order valence-electron chi connectivity index (χ1n) is 14.9. The molecule has 5 aromatic carbocycles. The molecule has 0 saturated carbocycles. The minimum Gasteiger partial charge on any atom is -0.422 e. The second kappa shape index (κ2) is 11.5. The molecule has 46 heavy (non-hydrogen) atoms. The Morgan fingerprint density at radius 1 is 0.522 bits per heavy atom. The zero-order valence-electron chi connectivity index (χ0n) is 25.8. The normalized spacial score (nSPS) is 24.0. The number of benzene rings is 5. The molecule has 0 bridgehead atoms. The van der Waals surface area contributed by atoms with Crippen molar-refractivity contribution < 1.29 is 38.0 Å². The van der Waals surface area contributed by atoms with Crippen LogP contribution in [-0.2, 0) is 28.4 Å². The summed E-state index contributed by atoms with van der Waals surface area (Å²) in [6, 6.07) is 19.1. The molecule has 2 aliphatic carbocycles. The van der Waals surface area contributed by atoms with Gasteiger partial charge < -0.3 is 28.4 Å². The zero-order chi connectivity index (χ0) is 32.1. The first kappa shape index (κ1) is 29.8. The molecule has 0 heterocycles. The molecule has 4 atom stereocenters. The molecule has 0 aromatic heterocycles. The summed E-state index contributed by atoms with van der Waals surface area (Å²) in [5.41, 5.74) is 0.801. The van der Waals surface area contributed by atoms with Crippen molar-refractivity contribution >= 4 is 55.0 Å². The van der Waals surface area contributed by atoms with Crippen LogP contribution in [0.25, 0.3) is 43.1 Å². The highest BCUT2D eigenvalue weighted by Gasteiger charge is 2.43. The molecule has 7 rings (SSSR count). The van der Waals surface area contributed by atoms with Crippen LogP contribution in [0.1, 0.15) is 20.7 Å². The molecule has 0 spiro atoms. The van der Waals surface area contributed by atoms with E-state index in [1.165, 1.54) is 28.4 Å². The van der Waals surface area contributed by atoms with Gasteiger partial charge in [-0.25, -0.2) is 9.59 Å². The fraction of sp³-hybridized carbons (Fsp3) is 0.211. The fourth-order valence-electron chi connectivity index (χ4n) is 6.76. The highest BCUT2D eigenvalue weighted by atomic mass is 16.7. The quantitative estimate of drug-likeness (QED) is 0.0796. The van der Waals surface area contributed by atoms with E-state index in [-0.39, 0.29) is 0 Å². The van der Waals surface area contributed by atoms with Gasteiger partial charge in [-0.1, -0.05) is 72.8 Å². The second-order valence-electron chi connectivity index (χ2n) is 11.2. The van der Waals surface area contributed by atoms with Gasteiger partial charge in [0.1, 0.15) is 12.2 Å². The minimum absolute atomic E-state index is 0.401. The number of methoxy groups -OCH3 is 4. The van der Waals surface area contributed by atoms with Crippen molar-refractivity contribution in [2.24, 2.45) is 0 Å². The predicted molar refractivity (Wildman–Crippen MR) is 176 cm³/mol. The van der Waals surface area contributed by atoms with Crippen molar-refractivity contribution in [2.45, 2.75) is 23.8 Å². The van der Waals surface area contributed by atoms with Crippen LogP contribution in [0, 0.1) is 0 Å². The van der Waals surface area contributed by atoms with Gasteiger partial charge in [0.05, 0.1) is 11.1 Å². The van der Waals surface area contributed by atoms with Gasteiger partial charge >= 0.3 is 11.9 Å². The number of carbonyl (C=O) groups excluding carboxylic acids is 2. The van der Waals surface area contributed by atoms with Crippen LogP contribution >= 0.6 is 0 Å². The average Bonchev–Trinajstić information content (AvgIpc) is 3.10. The van der Waals surface area contributed by atoms with Gasteiger partial charge in [0.2, 0.25) is 0 Å². The summed E-state index contributed by atoms with van der Waals surface area (Å²) >= 11 is 0. The van der Waals surface area contributed by atoms with Crippen molar-refractivity contribution in [3.8, 4) is 0 Å². The maximum Gasteiger partial charge on any atom is 0.341 e. The molecule has 4 unspecified atom stereocenters. The van der Waals surface area contributed by atoms with Gasteiger partial charge in [0.15, 0.2) is 0 Å². The van der Waals surface area contributed by atoms with Crippen LogP contribution in [0.4, 0.5) is 0 Å². The molecule has 0 fully saturated rings. The van der Waals surface area contributed by atoms with Gasteiger partial charge in [-0.3, -0.25) is 0 Å². The topological polar surface area (TPSA) is 89.5 Å². The lowest BCUT2D eigenvalue weighted by Crippen LogP contribution is -2.47. The first-order valence-corrected chi connectivity index (χ1v) is 14.9. The predicted octanol–water partition coefficient (Wildman–Crippen LogP) is 7.02. The summed E-state index contributed by atoms with van der Waals surface area (Å²) in [6.45, 7) is 0. The van der Waals surface area contributed by atoms with E-state index in [2.05, 4.69) is 0 Å². The molecular weight excluding hydrogens is 584 g/mol. The Labute approximate surface area is 265 Å². The standard InChI is InChI=1S/C38H32O8/c1-41-31-15-5-7-21-37(31,43-3)45-35(39)29-19-17-27-24-12-10-14-26-30(36(40)46-38(44-4)22-8-6-16-32(38)42-2)20-18-28(34(24)26)23-11-9-13-25(29)33(23)27/h5-22,31-32H,1-4H3. The van der Waals surface area contributed by atoms with Gasteiger partial charge in [-0.15, -0.1) is 0 Å². The van der Waals surface area contributed by atoms with Crippen molar-refractivity contribution in [1.29, 1.82) is 0 Å². The largest absolute Gasteiger partial charge is 0.422 e. The summed E-state index contributed by atoms with van der Waals surface area (Å²) in [5, 5.41) is 7.08. The minimum atomic E-state index is -1.40. The van der Waals surface area contributed by atoms with E-state index in [0.717, 1.165) is 43.1 Å². The lowest BCUT2D eigenvalue weighted by Gasteiger charge is -2.35. The molecule has 0 saturated heterocycles. The van der Waals surface area contributed by atoms with Crippen LogP contribution < -0.4 is 0 Å². The second-order valence-corrected chi connectivity index (χ2v) is 11.2. The highest BCUT2D eigenvalue weighted by molar-refractivity contribution is 6.35. The van der Waals surface area contributed by atoms with E-state index >= 15 is 0 Å². The molecular formula is C38H32O8. The number of ether oxygens (including phenoxy) is 6. The van der Waals surface area contributed by atoms with Gasteiger partial charge in [-0.2, -0.15) is 0 Å². The smallest absolute Gasteiger partial charge is 0.341 e. The SMILES string of the molecule is COC1C=CC=CC1(OC)OC(=O)c1ccc2c3cccc4c(C(=O)OC5(OC)C=CC=CC5OC)ccc(c5cccc1c52)c43. The molecule has 2 aliphatic rings. The van der Waals surface area contributed by atoms with Crippen LogP contribution in [0.5, 0.6) is 0 Å². The zero-order valence-corrected chi connectivity index (χ0v) is 25.8. The Hall–Kier alpha value is -4.86. The van der Waals surface area contributed by atoms with Gasteiger partial charge in [-0.05, 0) is 79.5 Å². The third-order valence-corrected chi connectivity index (χ3v) is 9.00. The molecule has 0 aliphatic heterocycles.